The summed E-state index contributed by atoms with van der Waals surface area (Å²) in [5, 5.41) is 3.49. The molecule has 0 saturated heterocycles. The maximum absolute atomic E-state index is 5.73. The Kier molecular flexibility index (Phi) is 17.5. The van der Waals surface area contributed by atoms with Crippen LogP contribution in [0.3, 0.4) is 0 Å². The normalized spacial score (nSPS) is 12.0. The number of hydrogen-bond donors (Lipinski definition) is 1. The highest BCUT2D eigenvalue weighted by molar-refractivity contribution is 4.61. The highest BCUT2D eigenvalue weighted by Crippen LogP contribution is 2.19. The first kappa shape index (κ1) is 23.8. The molecule has 0 aliphatic carbocycles. The van der Waals surface area contributed by atoms with Crippen LogP contribution < -0.4 is 5.32 Å². The molecule has 4 nitrogen and oxygen atoms in total. The third-order valence-electron chi connectivity index (χ3n) is 4.16. The molecule has 0 aromatic rings. The fourth-order valence-corrected chi connectivity index (χ4v) is 2.93. The maximum Gasteiger partial charge on any atom is 0.284 e. The van der Waals surface area contributed by atoms with Crippen molar-refractivity contribution < 1.29 is 14.2 Å². The van der Waals surface area contributed by atoms with Gasteiger partial charge < -0.3 is 19.5 Å². The Balaban J connectivity index is 3.60. The second-order valence-electron chi connectivity index (χ2n) is 6.31. The van der Waals surface area contributed by atoms with Gasteiger partial charge in [-0.25, -0.2) is 0 Å². The fraction of sp³-hybridized carbons (Fsp3) is 1.00. The first-order valence-corrected chi connectivity index (χ1v) is 10.4. The molecule has 0 unspecified atom stereocenters. The quantitative estimate of drug-likeness (QED) is 0.256. The Morgan fingerprint density at radius 1 is 0.583 bits per heavy atom. The largest absolute Gasteiger partial charge is 0.328 e. The lowest BCUT2D eigenvalue weighted by atomic mass is 10.1. The zero-order valence-electron chi connectivity index (χ0n) is 16.8. The second kappa shape index (κ2) is 17.7. The zero-order chi connectivity index (χ0) is 17.9. The standard InChI is InChI=1S/C20H43NO3/c1-5-9-10-11-12-13-14-15-16-18-21-19-17-20(22-6-2,23-7-3)24-8-4/h21H,5-19H2,1-4H3. The molecule has 0 saturated carbocycles. The minimum Gasteiger partial charge on any atom is -0.328 e. The summed E-state index contributed by atoms with van der Waals surface area (Å²) in [4.78, 5) is 0. The van der Waals surface area contributed by atoms with Crippen LogP contribution in [0.15, 0.2) is 0 Å². The molecule has 1 N–H and O–H groups in total. The molecule has 0 atom stereocenters. The Bertz CT molecular complexity index is 232. The van der Waals surface area contributed by atoms with Gasteiger partial charge in [0.15, 0.2) is 0 Å². The van der Waals surface area contributed by atoms with Gasteiger partial charge in [-0.3, -0.25) is 0 Å². The topological polar surface area (TPSA) is 39.7 Å². The molecule has 0 spiro atoms. The maximum atomic E-state index is 5.73. The van der Waals surface area contributed by atoms with Crippen LogP contribution in [0, 0.1) is 0 Å². The molecule has 146 valence electrons. The predicted octanol–water partition coefficient (Wildman–Crippen LogP) is 5.26. The molecule has 0 aliphatic rings. The number of hydrogen-bond acceptors (Lipinski definition) is 4. The minimum absolute atomic E-state index is 0.595. The van der Waals surface area contributed by atoms with E-state index >= 15 is 0 Å². The van der Waals surface area contributed by atoms with Gasteiger partial charge in [0.05, 0.1) is 0 Å². The van der Waals surface area contributed by atoms with Gasteiger partial charge in [-0.15, -0.1) is 0 Å². The van der Waals surface area contributed by atoms with Crippen LogP contribution in [0.2, 0.25) is 0 Å². The first-order chi connectivity index (χ1) is 11.7. The van der Waals surface area contributed by atoms with E-state index in [0.717, 1.165) is 19.5 Å². The summed E-state index contributed by atoms with van der Waals surface area (Å²) in [6.07, 6.45) is 13.0. The van der Waals surface area contributed by atoms with Crippen molar-refractivity contribution in [3.63, 3.8) is 0 Å². The average molecular weight is 346 g/mol. The first-order valence-electron chi connectivity index (χ1n) is 10.4. The second-order valence-corrected chi connectivity index (χ2v) is 6.31. The van der Waals surface area contributed by atoms with Crippen LogP contribution in [0.5, 0.6) is 0 Å². The molecular weight excluding hydrogens is 302 g/mol. The SMILES string of the molecule is CCCCCCCCCCCNCCC(OCC)(OCC)OCC. The third kappa shape index (κ3) is 13.2. The van der Waals surface area contributed by atoms with Crippen LogP contribution in [0.25, 0.3) is 0 Å². The summed E-state index contributed by atoms with van der Waals surface area (Å²) in [6, 6.07) is 0. The number of ether oxygens (including phenoxy) is 3. The van der Waals surface area contributed by atoms with Gasteiger partial charge in [0.25, 0.3) is 5.97 Å². The third-order valence-corrected chi connectivity index (χ3v) is 4.16. The van der Waals surface area contributed by atoms with Crippen LogP contribution in [0.1, 0.15) is 91.9 Å². The van der Waals surface area contributed by atoms with E-state index in [-0.39, 0.29) is 0 Å². The van der Waals surface area contributed by atoms with E-state index in [1.165, 1.54) is 57.8 Å². The zero-order valence-corrected chi connectivity index (χ0v) is 16.8. The summed E-state index contributed by atoms with van der Waals surface area (Å²) in [7, 11) is 0. The monoisotopic (exact) mass is 345 g/mol. The molecule has 0 rings (SSSR count). The molecule has 0 amide bonds. The van der Waals surface area contributed by atoms with E-state index < -0.39 is 5.97 Å². The molecule has 0 heterocycles. The van der Waals surface area contributed by atoms with Gasteiger partial charge in [0, 0.05) is 32.8 Å². The van der Waals surface area contributed by atoms with Gasteiger partial charge >= 0.3 is 0 Å². The van der Waals surface area contributed by atoms with Crippen LogP contribution >= 0.6 is 0 Å². The Labute approximate surface area is 151 Å². The van der Waals surface area contributed by atoms with Crippen LogP contribution in [0.4, 0.5) is 0 Å². The summed E-state index contributed by atoms with van der Waals surface area (Å²) in [5.41, 5.74) is 0. The molecule has 0 aromatic heterocycles. The van der Waals surface area contributed by atoms with Gasteiger partial charge in [0.2, 0.25) is 0 Å². The predicted molar refractivity (Wildman–Crippen MR) is 102 cm³/mol. The molecule has 0 bridgehead atoms. The van der Waals surface area contributed by atoms with E-state index in [0.29, 0.717) is 19.8 Å². The summed E-state index contributed by atoms with van der Waals surface area (Å²) in [5.74, 6) is -0.871. The Morgan fingerprint density at radius 3 is 1.50 bits per heavy atom. The van der Waals surface area contributed by atoms with Crippen molar-refractivity contribution in [3.05, 3.63) is 0 Å². The smallest absolute Gasteiger partial charge is 0.284 e. The van der Waals surface area contributed by atoms with E-state index in [1.54, 1.807) is 0 Å². The van der Waals surface area contributed by atoms with Crippen LogP contribution in [-0.2, 0) is 14.2 Å². The lowest BCUT2D eigenvalue weighted by Crippen LogP contribution is -2.42. The van der Waals surface area contributed by atoms with E-state index in [9.17, 15) is 0 Å². The van der Waals surface area contributed by atoms with Crippen molar-refractivity contribution >= 4 is 0 Å². The Morgan fingerprint density at radius 2 is 1.04 bits per heavy atom. The van der Waals surface area contributed by atoms with E-state index in [1.807, 2.05) is 20.8 Å². The number of nitrogens with one attached hydrogen (secondary N) is 1. The summed E-state index contributed by atoms with van der Waals surface area (Å²) < 4.78 is 17.2. The summed E-state index contributed by atoms with van der Waals surface area (Å²) >= 11 is 0. The van der Waals surface area contributed by atoms with Crippen LogP contribution in [-0.4, -0.2) is 38.9 Å². The summed E-state index contributed by atoms with van der Waals surface area (Å²) in [6.45, 7) is 11.9. The van der Waals surface area contributed by atoms with Crippen molar-refractivity contribution in [2.45, 2.75) is 97.9 Å². The molecule has 0 radical (unpaired) electrons. The molecule has 0 aromatic carbocycles. The van der Waals surface area contributed by atoms with Crippen molar-refractivity contribution in [1.82, 2.24) is 5.32 Å². The minimum atomic E-state index is -0.871. The van der Waals surface area contributed by atoms with Crippen molar-refractivity contribution in [1.29, 1.82) is 0 Å². The van der Waals surface area contributed by atoms with Crippen molar-refractivity contribution in [2.24, 2.45) is 0 Å². The van der Waals surface area contributed by atoms with Gasteiger partial charge in [-0.1, -0.05) is 58.3 Å². The van der Waals surface area contributed by atoms with E-state index in [4.69, 9.17) is 14.2 Å². The van der Waals surface area contributed by atoms with Gasteiger partial charge in [0.1, 0.15) is 0 Å². The van der Waals surface area contributed by atoms with E-state index in [2.05, 4.69) is 12.2 Å². The van der Waals surface area contributed by atoms with Crippen molar-refractivity contribution in [2.75, 3.05) is 32.9 Å². The average Bonchev–Trinajstić information content (AvgIpc) is 2.56. The molecular formula is C20H43NO3. The highest BCUT2D eigenvalue weighted by Gasteiger charge is 2.31. The highest BCUT2D eigenvalue weighted by atomic mass is 16.9. The van der Waals surface area contributed by atoms with Gasteiger partial charge in [-0.2, -0.15) is 0 Å². The number of unbranched alkanes of at least 4 members (excludes halogenated alkanes) is 8. The lowest BCUT2D eigenvalue weighted by Gasteiger charge is -2.32. The Hall–Kier alpha value is -0.160. The lowest BCUT2D eigenvalue weighted by molar-refractivity contribution is -0.378. The molecule has 24 heavy (non-hydrogen) atoms. The molecule has 0 fully saturated rings. The number of rotatable bonds is 19. The molecule has 4 heteroatoms. The fourth-order valence-electron chi connectivity index (χ4n) is 2.93. The van der Waals surface area contributed by atoms with Gasteiger partial charge in [-0.05, 0) is 33.7 Å². The molecule has 0 aliphatic heterocycles. The van der Waals surface area contributed by atoms with Crippen molar-refractivity contribution in [3.8, 4) is 0 Å².